The summed E-state index contributed by atoms with van der Waals surface area (Å²) in [5.41, 5.74) is 1.74. The van der Waals surface area contributed by atoms with Crippen LogP contribution >= 0.6 is 11.3 Å². The number of carboxylic acid groups (broad SMARTS) is 1. The number of benzene rings is 1. The minimum Gasteiger partial charge on any atom is -0.478 e. The molecule has 0 aliphatic rings. The molecule has 0 fully saturated rings. The van der Waals surface area contributed by atoms with E-state index in [0.717, 1.165) is 17.5 Å². The molecule has 0 bridgehead atoms. The van der Waals surface area contributed by atoms with Crippen molar-refractivity contribution in [2.24, 2.45) is 0 Å². The third-order valence-corrected chi connectivity index (χ3v) is 3.85. The molecule has 0 unspecified atom stereocenters. The van der Waals surface area contributed by atoms with Crippen LogP contribution in [0.15, 0.2) is 35.7 Å². The van der Waals surface area contributed by atoms with Gasteiger partial charge in [0.25, 0.3) is 0 Å². The van der Waals surface area contributed by atoms with E-state index in [1.54, 1.807) is 34.2 Å². The van der Waals surface area contributed by atoms with E-state index in [1.165, 1.54) is 4.88 Å². The van der Waals surface area contributed by atoms with Crippen LogP contribution in [0, 0.1) is 0 Å². The number of hydrogen-bond donors (Lipinski definition) is 1. The normalized spacial score (nSPS) is 10.9. The Morgan fingerprint density at radius 1 is 1.37 bits per heavy atom. The van der Waals surface area contributed by atoms with E-state index in [-0.39, 0.29) is 5.56 Å². The highest BCUT2D eigenvalue weighted by atomic mass is 32.1. The van der Waals surface area contributed by atoms with Crippen molar-refractivity contribution in [3.05, 3.63) is 46.2 Å². The lowest BCUT2D eigenvalue weighted by Gasteiger charge is -2.01. The molecule has 1 N–H and O–H groups in total. The summed E-state index contributed by atoms with van der Waals surface area (Å²) in [6.07, 6.45) is 0.868. The Bertz CT molecular complexity index is 719. The number of aromatic carboxylic acids is 1. The van der Waals surface area contributed by atoms with Gasteiger partial charge >= 0.3 is 5.97 Å². The van der Waals surface area contributed by atoms with Crippen molar-refractivity contribution in [3.8, 4) is 0 Å². The monoisotopic (exact) mass is 273 g/mol. The van der Waals surface area contributed by atoms with Crippen LogP contribution in [0.4, 0.5) is 0 Å². The zero-order valence-electron chi connectivity index (χ0n) is 9.98. The second kappa shape index (κ2) is 4.81. The van der Waals surface area contributed by atoms with Crippen molar-refractivity contribution in [3.63, 3.8) is 0 Å². The molecule has 96 valence electrons. The molecule has 19 heavy (non-hydrogen) atoms. The molecule has 0 spiro atoms. The molecule has 0 aliphatic heterocycles. The summed E-state index contributed by atoms with van der Waals surface area (Å²) in [5.74, 6) is -0.937. The first-order valence-corrected chi connectivity index (χ1v) is 6.71. The minimum absolute atomic E-state index is 0.257. The van der Waals surface area contributed by atoms with Crippen molar-refractivity contribution in [1.82, 2.24) is 15.0 Å². The van der Waals surface area contributed by atoms with Gasteiger partial charge in [0.05, 0.1) is 11.1 Å². The van der Waals surface area contributed by atoms with E-state index < -0.39 is 5.97 Å². The van der Waals surface area contributed by atoms with Gasteiger partial charge in [0, 0.05) is 17.8 Å². The molecule has 3 rings (SSSR count). The highest BCUT2D eigenvalue weighted by Crippen LogP contribution is 2.15. The fourth-order valence-corrected chi connectivity index (χ4v) is 2.63. The quantitative estimate of drug-likeness (QED) is 0.792. The molecule has 2 aromatic heterocycles. The summed E-state index contributed by atoms with van der Waals surface area (Å²) in [6, 6.07) is 8.94. The highest BCUT2D eigenvalue weighted by Gasteiger charge is 2.09. The predicted molar refractivity (Wildman–Crippen MR) is 72.5 cm³/mol. The first-order chi connectivity index (χ1) is 9.24. The standard InChI is InChI=1S/C13H11N3O2S/c17-13(18)9-3-4-11-12(8-9)16(15-14-11)6-5-10-2-1-7-19-10/h1-4,7-8H,5-6H2,(H,17,18). The molecule has 5 nitrogen and oxygen atoms in total. The molecule has 0 aliphatic carbocycles. The van der Waals surface area contributed by atoms with Crippen molar-refractivity contribution in [1.29, 1.82) is 0 Å². The summed E-state index contributed by atoms with van der Waals surface area (Å²) >= 11 is 1.70. The van der Waals surface area contributed by atoms with Gasteiger partial charge in [0.2, 0.25) is 0 Å². The van der Waals surface area contributed by atoms with Gasteiger partial charge in [-0.2, -0.15) is 0 Å². The lowest BCUT2D eigenvalue weighted by Crippen LogP contribution is -2.03. The topological polar surface area (TPSA) is 68.0 Å². The van der Waals surface area contributed by atoms with Crippen LogP contribution in [0.25, 0.3) is 11.0 Å². The van der Waals surface area contributed by atoms with Gasteiger partial charge in [-0.15, -0.1) is 16.4 Å². The van der Waals surface area contributed by atoms with Gasteiger partial charge in [-0.05, 0) is 29.6 Å². The molecule has 0 saturated carbocycles. The molecule has 0 amide bonds. The number of nitrogens with zero attached hydrogens (tertiary/aromatic N) is 3. The molecular weight excluding hydrogens is 262 g/mol. The molecule has 0 atom stereocenters. The van der Waals surface area contributed by atoms with Gasteiger partial charge in [-0.1, -0.05) is 11.3 Å². The molecule has 0 saturated heterocycles. The van der Waals surface area contributed by atoms with Crippen LogP contribution in [0.1, 0.15) is 15.2 Å². The second-order valence-electron chi connectivity index (χ2n) is 4.15. The van der Waals surface area contributed by atoms with E-state index in [1.807, 2.05) is 11.4 Å². The smallest absolute Gasteiger partial charge is 0.335 e. The SMILES string of the molecule is O=C(O)c1ccc2nnn(CCc3cccs3)c2c1. The number of carboxylic acids is 1. The molecule has 2 heterocycles. The Balaban J connectivity index is 1.90. The average molecular weight is 273 g/mol. The number of hydrogen-bond acceptors (Lipinski definition) is 4. The number of rotatable bonds is 4. The first kappa shape index (κ1) is 11.9. The van der Waals surface area contributed by atoms with Gasteiger partial charge in [-0.3, -0.25) is 0 Å². The number of aryl methyl sites for hydroxylation is 2. The van der Waals surface area contributed by atoms with Crippen LogP contribution in [-0.4, -0.2) is 26.1 Å². The number of fused-ring (bicyclic) bond motifs is 1. The summed E-state index contributed by atoms with van der Waals surface area (Å²) < 4.78 is 1.75. The highest BCUT2D eigenvalue weighted by molar-refractivity contribution is 7.09. The fraction of sp³-hybridized carbons (Fsp3) is 0.154. The molecule has 1 aromatic carbocycles. The van der Waals surface area contributed by atoms with Crippen LogP contribution in [0.3, 0.4) is 0 Å². The van der Waals surface area contributed by atoms with Crippen molar-refractivity contribution in [2.45, 2.75) is 13.0 Å². The fourth-order valence-electron chi connectivity index (χ4n) is 1.93. The van der Waals surface area contributed by atoms with Gasteiger partial charge in [-0.25, -0.2) is 9.48 Å². The van der Waals surface area contributed by atoms with E-state index in [0.29, 0.717) is 6.54 Å². The molecular formula is C13H11N3O2S. The summed E-state index contributed by atoms with van der Waals surface area (Å²) in [6.45, 7) is 0.695. The van der Waals surface area contributed by atoms with Gasteiger partial charge in [0.15, 0.2) is 0 Å². The van der Waals surface area contributed by atoms with Crippen LogP contribution in [0.2, 0.25) is 0 Å². The van der Waals surface area contributed by atoms with Gasteiger partial charge < -0.3 is 5.11 Å². The lowest BCUT2D eigenvalue weighted by atomic mass is 10.2. The first-order valence-electron chi connectivity index (χ1n) is 5.83. The Labute approximate surface area is 113 Å². The maximum atomic E-state index is 11.0. The van der Waals surface area contributed by atoms with Crippen LogP contribution < -0.4 is 0 Å². The van der Waals surface area contributed by atoms with Crippen molar-refractivity contribution < 1.29 is 9.90 Å². The maximum Gasteiger partial charge on any atom is 0.335 e. The Hall–Kier alpha value is -2.21. The minimum atomic E-state index is -0.937. The lowest BCUT2D eigenvalue weighted by molar-refractivity contribution is 0.0697. The molecule has 0 radical (unpaired) electrons. The summed E-state index contributed by atoms with van der Waals surface area (Å²) in [5, 5.41) is 19.2. The largest absolute Gasteiger partial charge is 0.478 e. The zero-order valence-corrected chi connectivity index (χ0v) is 10.8. The number of aromatic nitrogens is 3. The number of carbonyl (C=O) groups is 1. The van der Waals surface area contributed by atoms with E-state index in [9.17, 15) is 4.79 Å². The average Bonchev–Trinajstić information content (AvgIpc) is 3.05. The summed E-state index contributed by atoms with van der Waals surface area (Å²) in [7, 11) is 0. The molecule has 6 heteroatoms. The van der Waals surface area contributed by atoms with Gasteiger partial charge in [0.1, 0.15) is 5.52 Å². The van der Waals surface area contributed by atoms with E-state index in [4.69, 9.17) is 5.11 Å². The number of thiophene rings is 1. The van der Waals surface area contributed by atoms with Crippen LogP contribution in [-0.2, 0) is 13.0 Å². The Morgan fingerprint density at radius 3 is 3.00 bits per heavy atom. The van der Waals surface area contributed by atoms with E-state index >= 15 is 0 Å². The predicted octanol–water partition coefficient (Wildman–Crippen LogP) is 2.43. The maximum absolute atomic E-state index is 11.0. The Kier molecular flexibility index (Phi) is 3.00. The third-order valence-electron chi connectivity index (χ3n) is 2.91. The summed E-state index contributed by atoms with van der Waals surface area (Å²) in [4.78, 5) is 12.2. The second-order valence-corrected chi connectivity index (χ2v) is 5.18. The third kappa shape index (κ3) is 2.34. The van der Waals surface area contributed by atoms with E-state index in [2.05, 4.69) is 16.4 Å². The van der Waals surface area contributed by atoms with Crippen LogP contribution in [0.5, 0.6) is 0 Å². The zero-order chi connectivity index (χ0) is 13.2. The Morgan fingerprint density at radius 2 is 2.26 bits per heavy atom. The van der Waals surface area contributed by atoms with Crippen molar-refractivity contribution >= 4 is 28.3 Å². The van der Waals surface area contributed by atoms with Crippen molar-refractivity contribution in [2.75, 3.05) is 0 Å². The molecule has 3 aromatic rings.